The number of nitrogens with one attached hydrogen (secondary N) is 1. The number of hydrogen-bond acceptors (Lipinski definition) is 3. The molecular weight excluding hydrogens is 238 g/mol. The number of anilines is 1. The molecule has 0 saturated heterocycles. The van der Waals surface area contributed by atoms with E-state index in [4.69, 9.17) is 5.11 Å². The highest BCUT2D eigenvalue weighted by atomic mass is 32.2. The number of benzene rings is 1. The maximum absolute atomic E-state index is 11.6. The van der Waals surface area contributed by atoms with Crippen molar-refractivity contribution in [2.75, 3.05) is 17.1 Å². The van der Waals surface area contributed by atoms with Crippen molar-refractivity contribution in [3.05, 3.63) is 29.8 Å². The Hall–Kier alpha value is -1.07. The van der Waals surface area contributed by atoms with E-state index in [0.717, 1.165) is 12.0 Å². The van der Waals surface area contributed by atoms with Crippen molar-refractivity contribution in [3.8, 4) is 0 Å². The average molecular weight is 257 g/mol. The largest absolute Gasteiger partial charge is 0.396 e. The first-order valence-electron chi connectivity index (χ1n) is 5.77. The Bertz CT molecular complexity index is 443. The number of aryl methyl sites for hydroxylation is 1. The molecule has 5 heteroatoms. The fourth-order valence-electron chi connectivity index (χ4n) is 1.57. The first-order valence-corrected chi connectivity index (χ1v) is 7.43. The Morgan fingerprint density at radius 2 is 2.12 bits per heavy atom. The molecule has 1 aromatic rings. The molecule has 0 bridgehead atoms. The summed E-state index contributed by atoms with van der Waals surface area (Å²) in [4.78, 5) is 0. The van der Waals surface area contributed by atoms with Gasteiger partial charge in [0, 0.05) is 12.3 Å². The maximum atomic E-state index is 11.6. The lowest BCUT2D eigenvalue weighted by molar-refractivity contribution is 0.288. The molecule has 0 aliphatic carbocycles. The molecule has 0 saturated carbocycles. The van der Waals surface area contributed by atoms with Crippen LogP contribution in [0, 0.1) is 0 Å². The van der Waals surface area contributed by atoms with Crippen molar-refractivity contribution in [2.45, 2.75) is 26.2 Å². The Kier molecular flexibility index (Phi) is 5.44. The minimum Gasteiger partial charge on any atom is -0.396 e. The molecule has 0 aliphatic rings. The molecule has 4 nitrogen and oxygen atoms in total. The van der Waals surface area contributed by atoms with Crippen molar-refractivity contribution < 1.29 is 13.5 Å². The average Bonchev–Trinajstić information content (AvgIpc) is 2.26. The van der Waals surface area contributed by atoms with E-state index in [1.54, 1.807) is 6.07 Å². The minimum absolute atomic E-state index is 0.133. The van der Waals surface area contributed by atoms with E-state index in [0.29, 0.717) is 18.5 Å². The Labute approximate surface area is 103 Å². The number of aliphatic hydroxyl groups excluding tert-OH is 1. The lowest BCUT2D eigenvalue weighted by Gasteiger charge is -2.08. The van der Waals surface area contributed by atoms with Gasteiger partial charge in [-0.2, -0.15) is 0 Å². The predicted octanol–water partition coefficient (Wildman–Crippen LogP) is 1.76. The van der Waals surface area contributed by atoms with E-state index in [1.807, 2.05) is 25.1 Å². The molecule has 1 aromatic carbocycles. The molecule has 0 spiro atoms. The molecule has 0 heterocycles. The lowest BCUT2D eigenvalue weighted by atomic mass is 10.1. The standard InChI is InChI=1S/C12H19NO3S/c1-2-9-17(15,16)13-12-7-3-5-11(10-12)6-4-8-14/h3,5,7,10,13-14H,2,4,6,8-9H2,1H3. The van der Waals surface area contributed by atoms with E-state index in [-0.39, 0.29) is 12.4 Å². The lowest BCUT2D eigenvalue weighted by Crippen LogP contribution is -2.16. The summed E-state index contributed by atoms with van der Waals surface area (Å²) < 4.78 is 25.7. The topological polar surface area (TPSA) is 66.4 Å². The number of aliphatic hydroxyl groups is 1. The van der Waals surface area contributed by atoms with Crippen molar-refractivity contribution in [1.29, 1.82) is 0 Å². The van der Waals surface area contributed by atoms with Crippen LogP contribution in [-0.2, 0) is 16.4 Å². The van der Waals surface area contributed by atoms with E-state index < -0.39 is 10.0 Å². The predicted molar refractivity (Wildman–Crippen MR) is 69.5 cm³/mol. The summed E-state index contributed by atoms with van der Waals surface area (Å²) >= 11 is 0. The van der Waals surface area contributed by atoms with Gasteiger partial charge in [0.1, 0.15) is 0 Å². The van der Waals surface area contributed by atoms with E-state index in [9.17, 15) is 8.42 Å². The number of rotatable bonds is 7. The van der Waals surface area contributed by atoms with Gasteiger partial charge in [-0.25, -0.2) is 8.42 Å². The molecule has 0 aromatic heterocycles. The van der Waals surface area contributed by atoms with Crippen LogP contribution in [0.4, 0.5) is 5.69 Å². The second-order valence-corrected chi connectivity index (χ2v) is 5.79. The van der Waals surface area contributed by atoms with Crippen molar-refractivity contribution in [1.82, 2.24) is 0 Å². The summed E-state index contributed by atoms with van der Waals surface area (Å²) in [6.45, 7) is 1.97. The maximum Gasteiger partial charge on any atom is 0.232 e. The first-order chi connectivity index (χ1) is 8.07. The second-order valence-electron chi connectivity index (χ2n) is 3.95. The molecule has 0 radical (unpaired) electrons. The Morgan fingerprint density at radius 3 is 2.76 bits per heavy atom. The highest BCUT2D eigenvalue weighted by Gasteiger charge is 2.08. The van der Waals surface area contributed by atoms with Crippen LogP contribution >= 0.6 is 0 Å². The van der Waals surface area contributed by atoms with Gasteiger partial charge in [0.25, 0.3) is 0 Å². The van der Waals surface area contributed by atoms with Gasteiger partial charge >= 0.3 is 0 Å². The quantitative estimate of drug-likeness (QED) is 0.782. The Morgan fingerprint density at radius 1 is 1.35 bits per heavy atom. The summed E-state index contributed by atoms with van der Waals surface area (Å²) in [5.74, 6) is 0.133. The van der Waals surface area contributed by atoms with Crippen LogP contribution in [0.25, 0.3) is 0 Å². The zero-order valence-electron chi connectivity index (χ0n) is 10.0. The molecule has 0 unspecified atom stereocenters. The van der Waals surface area contributed by atoms with Crippen molar-refractivity contribution >= 4 is 15.7 Å². The third-order valence-corrected chi connectivity index (χ3v) is 3.79. The van der Waals surface area contributed by atoms with Gasteiger partial charge in [-0.15, -0.1) is 0 Å². The smallest absolute Gasteiger partial charge is 0.232 e. The SMILES string of the molecule is CCCS(=O)(=O)Nc1cccc(CCCO)c1. The van der Waals surface area contributed by atoms with Gasteiger partial charge in [0.05, 0.1) is 5.75 Å². The number of hydrogen-bond donors (Lipinski definition) is 2. The van der Waals surface area contributed by atoms with Crippen LogP contribution in [-0.4, -0.2) is 25.9 Å². The Balaban J connectivity index is 2.71. The van der Waals surface area contributed by atoms with Crippen LogP contribution in [0.2, 0.25) is 0 Å². The van der Waals surface area contributed by atoms with Crippen LogP contribution in [0.5, 0.6) is 0 Å². The summed E-state index contributed by atoms with van der Waals surface area (Å²) in [6.07, 6.45) is 2.03. The van der Waals surface area contributed by atoms with Crippen LogP contribution in [0.3, 0.4) is 0 Å². The molecule has 17 heavy (non-hydrogen) atoms. The highest BCUT2D eigenvalue weighted by molar-refractivity contribution is 7.92. The molecule has 1 rings (SSSR count). The van der Waals surface area contributed by atoms with E-state index >= 15 is 0 Å². The van der Waals surface area contributed by atoms with Crippen molar-refractivity contribution in [3.63, 3.8) is 0 Å². The highest BCUT2D eigenvalue weighted by Crippen LogP contribution is 2.14. The van der Waals surface area contributed by atoms with E-state index in [2.05, 4.69) is 4.72 Å². The molecule has 96 valence electrons. The van der Waals surface area contributed by atoms with Gasteiger partial charge in [0.15, 0.2) is 0 Å². The van der Waals surface area contributed by atoms with Gasteiger partial charge in [-0.05, 0) is 37.0 Å². The van der Waals surface area contributed by atoms with Crippen molar-refractivity contribution in [2.24, 2.45) is 0 Å². The molecular formula is C12H19NO3S. The zero-order chi connectivity index (χ0) is 12.7. The van der Waals surface area contributed by atoms with Gasteiger partial charge in [-0.1, -0.05) is 19.1 Å². The fraction of sp³-hybridized carbons (Fsp3) is 0.500. The molecule has 0 atom stereocenters. The minimum atomic E-state index is -3.22. The molecule has 0 amide bonds. The van der Waals surface area contributed by atoms with Crippen LogP contribution in [0.1, 0.15) is 25.3 Å². The van der Waals surface area contributed by atoms with Gasteiger partial charge in [0.2, 0.25) is 10.0 Å². The van der Waals surface area contributed by atoms with Gasteiger partial charge in [-0.3, -0.25) is 4.72 Å². The summed E-state index contributed by atoms with van der Waals surface area (Å²) in [7, 11) is -3.22. The third kappa shape index (κ3) is 5.19. The molecule has 0 aliphatic heterocycles. The zero-order valence-corrected chi connectivity index (χ0v) is 10.8. The molecule has 2 N–H and O–H groups in total. The van der Waals surface area contributed by atoms with E-state index in [1.165, 1.54) is 0 Å². The fourth-order valence-corrected chi connectivity index (χ4v) is 2.70. The summed E-state index contributed by atoms with van der Waals surface area (Å²) in [5, 5.41) is 8.74. The van der Waals surface area contributed by atoms with Crippen LogP contribution in [0.15, 0.2) is 24.3 Å². The molecule has 0 fully saturated rings. The monoisotopic (exact) mass is 257 g/mol. The number of sulfonamides is 1. The van der Waals surface area contributed by atoms with Crippen LogP contribution < -0.4 is 4.72 Å². The first kappa shape index (κ1) is 14.0. The third-order valence-electron chi connectivity index (χ3n) is 2.30. The normalized spacial score (nSPS) is 11.4. The second kappa shape index (κ2) is 6.61. The van der Waals surface area contributed by atoms with Gasteiger partial charge < -0.3 is 5.11 Å². The summed E-state index contributed by atoms with van der Waals surface area (Å²) in [6, 6.07) is 7.28. The summed E-state index contributed by atoms with van der Waals surface area (Å²) in [5.41, 5.74) is 1.62.